The van der Waals surface area contributed by atoms with Gasteiger partial charge in [0.25, 0.3) is 0 Å². The van der Waals surface area contributed by atoms with Crippen molar-refractivity contribution in [1.82, 2.24) is 20.0 Å². The molecule has 0 spiro atoms. The molecule has 0 radical (unpaired) electrons. The fourth-order valence-corrected chi connectivity index (χ4v) is 1.05. The molecule has 5 heteroatoms. The molecule has 60 valence electrons. The van der Waals surface area contributed by atoms with Crippen LogP contribution in [-0.2, 0) is 0 Å². The average Bonchev–Trinajstić information content (AvgIpc) is 2.58. The minimum Gasteiger partial charge on any atom is -0.221 e. The lowest BCUT2D eigenvalue weighted by atomic mass is 10.5. The maximum atomic E-state index is 4.02. The molecule has 2 aromatic heterocycles. The molecule has 12 heavy (non-hydrogen) atoms. The standard InChI is InChI=1S/C7H5BrN4/c8-6-2-3-7(11-10-6)12-5-1-4-9-12/h1-5H. The lowest BCUT2D eigenvalue weighted by molar-refractivity contribution is 0.809. The van der Waals surface area contributed by atoms with E-state index in [0.29, 0.717) is 5.82 Å². The first-order valence-corrected chi connectivity index (χ1v) is 4.15. The van der Waals surface area contributed by atoms with Crippen LogP contribution in [0.2, 0.25) is 0 Å². The lowest BCUT2D eigenvalue weighted by Crippen LogP contribution is -1.98. The molecule has 0 aromatic carbocycles. The van der Waals surface area contributed by atoms with Gasteiger partial charge in [0.1, 0.15) is 4.60 Å². The van der Waals surface area contributed by atoms with E-state index in [0.717, 1.165) is 4.60 Å². The summed E-state index contributed by atoms with van der Waals surface area (Å²) >= 11 is 3.21. The Bertz CT molecular complexity index is 353. The molecule has 0 atom stereocenters. The average molecular weight is 225 g/mol. The van der Waals surface area contributed by atoms with Gasteiger partial charge in [0, 0.05) is 12.4 Å². The Hall–Kier alpha value is -1.23. The molecular formula is C7H5BrN4. The molecule has 0 unspecified atom stereocenters. The summed E-state index contributed by atoms with van der Waals surface area (Å²) in [5.41, 5.74) is 0. The topological polar surface area (TPSA) is 43.6 Å². The quantitative estimate of drug-likeness (QED) is 0.737. The van der Waals surface area contributed by atoms with Crippen LogP contribution in [0.3, 0.4) is 0 Å². The minimum absolute atomic E-state index is 0.711. The second kappa shape index (κ2) is 3.02. The maximum Gasteiger partial charge on any atom is 0.175 e. The zero-order chi connectivity index (χ0) is 8.39. The van der Waals surface area contributed by atoms with Gasteiger partial charge >= 0.3 is 0 Å². The number of hydrogen-bond donors (Lipinski definition) is 0. The van der Waals surface area contributed by atoms with Crippen molar-refractivity contribution >= 4 is 15.9 Å². The summed E-state index contributed by atoms with van der Waals surface area (Å²) in [6, 6.07) is 5.50. The van der Waals surface area contributed by atoms with Crippen LogP contribution in [0.5, 0.6) is 0 Å². The van der Waals surface area contributed by atoms with E-state index in [-0.39, 0.29) is 0 Å². The van der Waals surface area contributed by atoms with Crippen molar-refractivity contribution in [2.45, 2.75) is 0 Å². The number of halogens is 1. The first-order chi connectivity index (χ1) is 5.86. The van der Waals surface area contributed by atoms with Crippen LogP contribution in [0.1, 0.15) is 0 Å². The fraction of sp³-hybridized carbons (Fsp3) is 0. The van der Waals surface area contributed by atoms with Crippen LogP contribution in [-0.4, -0.2) is 20.0 Å². The number of hydrogen-bond acceptors (Lipinski definition) is 3. The second-order valence-corrected chi connectivity index (χ2v) is 2.98. The smallest absolute Gasteiger partial charge is 0.175 e. The summed E-state index contributed by atoms with van der Waals surface area (Å²) in [6.45, 7) is 0. The Kier molecular flexibility index (Phi) is 1.87. The Labute approximate surface area is 77.4 Å². The van der Waals surface area contributed by atoms with Gasteiger partial charge in [-0.15, -0.1) is 10.2 Å². The highest BCUT2D eigenvalue weighted by atomic mass is 79.9. The third-order valence-electron chi connectivity index (χ3n) is 1.36. The van der Waals surface area contributed by atoms with Crippen molar-refractivity contribution in [3.05, 3.63) is 35.2 Å². The lowest BCUT2D eigenvalue weighted by Gasteiger charge is -1.96. The molecule has 0 aliphatic rings. The first kappa shape index (κ1) is 7.42. The summed E-state index contributed by atoms with van der Waals surface area (Å²) in [6.07, 6.45) is 3.52. The van der Waals surface area contributed by atoms with Gasteiger partial charge < -0.3 is 0 Å². The third-order valence-corrected chi connectivity index (χ3v) is 1.78. The van der Waals surface area contributed by atoms with Crippen LogP contribution in [0.15, 0.2) is 35.2 Å². The van der Waals surface area contributed by atoms with Crippen molar-refractivity contribution < 1.29 is 0 Å². The largest absolute Gasteiger partial charge is 0.221 e. The molecule has 4 nitrogen and oxygen atoms in total. The molecule has 2 aromatic rings. The summed E-state index contributed by atoms with van der Waals surface area (Å²) < 4.78 is 2.37. The number of nitrogens with zero attached hydrogens (tertiary/aromatic N) is 4. The Balaban J connectivity index is 2.43. The molecule has 2 rings (SSSR count). The molecule has 0 aliphatic carbocycles. The predicted octanol–water partition coefficient (Wildman–Crippen LogP) is 1.42. The van der Waals surface area contributed by atoms with Crippen LogP contribution in [0, 0.1) is 0 Å². The molecule has 0 aliphatic heterocycles. The van der Waals surface area contributed by atoms with E-state index in [1.165, 1.54) is 0 Å². The van der Waals surface area contributed by atoms with E-state index < -0.39 is 0 Å². The molecule has 0 amide bonds. The van der Waals surface area contributed by atoms with Gasteiger partial charge in [-0.3, -0.25) is 0 Å². The van der Waals surface area contributed by atoms with Crippen molar-refractivity contribution in [3.8, 4) is 5.82 Å². The zero-order valence-corrected chi connectivity index (χ0v) is 7.64. The molecular weight excluding hydrogens is 220 g/mol. The Morgan fingerprint density at radius 2 is 2.17 bits per heavy atom. The van der Waals surface area contributed by atoms with Gasteiger partial charge in [0.2, 0.25) is 0 Å². The second-order valence-electron chi connectivity index (χ2n) is 2.16. The minimum atomic E-state index is 0.711. The Morgan fingerprint density at radius 3 is 2.75 bits per heavy atom. The molecule has 2 heterocycles. The summed E-state index contributed by atoms with van der Waals surface area (Å²) in [4.78, 5) is 0. The van der Waals surface area contributed by atoms with Crippen molar-refractivity contribution in [3.63, 3.8) is 0 Å². The Morgan fingerprint density at radius 1 is 1.25 bits per heavy atom. The van der Waals surface area contributed by atoms with Crippen molar-refractivity contribution in [1.29, 1.82) is 0 Å². The highest BCUT2D eigenvalue weighted by Gasteiger charge is 1.96. The molecule has 0 bridgehead atoms. The van der Waals surface area contributed by atoms with Gasteiger partial charge in [-0.05, 0) is 34.1 Å². The van der Waals surface area contributed by atoms with E-state index in [9.17, 15) is 0 Å². The highest BCUT2D eigenvalue weighted by Crippen LogP contribution is 2.05. The molecule has 0 N–H and O–H groups in total. The van der Waals surface area contributed by atoms with E-state index in [2.05, 4.69) is 31.2 Å². The molecule has 0 saturated carbocycles. The van der Waals surface area contributed by atoms with Gasteiger partial charge in [-0.1, -0.05) is 0 Å². The fourth-order valence-electron chi connectivity index (χ4n) is 0.835. The predicted molar refractivity (Wildman–Crippen MR) is 46.9 cm³/mol. The summed E-state index contributed by atoms with van der Waals surface area (Å²) in [7, 11) is 0. The monoisotopic (exact) mass is 224 g/mol. The third kappa shape index (κ3) is 1.35. The van der Waals surface area contributed by atoms with Crippen molar-refractivity contribution in [2.75, 3.05) is 0 Å². The normalized spacial score (nSPS) is 10.1. The number of aromatic nitrogens is 4. The molecule has 0 saturated heterocycles. The van der Waals surface area contributed by atoms with Crippen LogP contribution >= 0.6 is 15.9 Å². The van der Waals surface area contributed by atoms with E-state index >= 15 is 0 Å². The summed E-state index contributed by atoms with van der Waals surface area (Å²) in [5.74, 6) is 0.711. The van der Waals surface area contributed by atoms with Crippen LogP contribution < -0.4 is 0 Å². The van der Waals surface area contributed by atoms with E-state index in [4.69, 9.17) is 0 Å². The van der Waals surface area contributed by atoms with Gasteiger partial charge in [-0.2, -0.15) is 5.10 Å². The number of rotatable bonds is 1. The summed E-state index contributed by atoms with van der Waals surface area (Å²) in [5, 5.41) is 11.8. The SMILES string of the molecule is Brc1ccc(-n2cccn2)nn1. The van der Waals surface area contributed by atoms with Crippen molar-refractivity contribution in [2.24, 2.45) is 0 Å². The van der Waals surface area contributed by atoms with Gasteiger partial charge in [0.15, 0.2) is 5.82 Å². The van der Waals surface area contributed by atoms with Gasteiger partial charge in [-0.25, -0.2) is 4.68 Å². The van der Waals surface area contributed by atoms with E-state index in [1.54, 1.807) is 10.9 Å². The maximum absolute atomic E-state index is 4.02. The van der Waals surface area contributed by atoms with E-state index in [1.807, 2.05) is 24.4 Å². The highest BCUT2D eigenvalue weighted by molar-refractivity contribution is 9.10. The first-order valence-electron chi connectivity index (χ1n) is 3.35. The van der Waals surface area contributed by atoms with Crippen LogP contribution in [0.25, 0.3) is 5.82 Å². The molecule has 0 fully saturated rings. The van der Waals surface area contributed by atoms with Crippen LogP contribution in [0.4, 0.5) is 0 Å². The zero-order valence-electron chi connectivity index (χ0n) is 6.05. The van der Waals surface area contributed by atoms with Gasteiger partial charge in [0.05, 0.1) is 0 Å².